The lowest BCUT2D eigenvalue weighted by Gasteiger charge is -2.01. The molecule has 0 unspecified atom stereocenters. The summed E-state index contributed by atoms with van der Waals surface area (Å²) in [7, 11) is 1.61. The minimum atomic E-state index is -0.170. The fourth-order valence-corrected chi connectivity index (χ4v) is 2.06. The number of aromatic amines is 1. The van der Waals surface area contributed by atoms with Gasteiger partial charge in [0.25, 0.3) is 0 Å². The average Bonchev–Trinajstić information content (AvgIpc) is 3.10. The second kappa shape index (κ2) is 5.84. The topological polar surface area (TPSA) is 106 Å². The first-order valence-electron chi connectivity index (χ1n) is 6.73. The summed E-state index contributed by atoms with van der Waals surface area (Å²) in [6, 6.07) is 5.56. The van der Waals surface area contributed by atoms with Gasteiger partial charge in [-0.25, -0.2) is 9.61 Å². The van der Waals surface area contributed by atoms with Gasteiger partial charge >= 0.3 is 0 Å². The lowest BCUT2D eigenvalue weighted by Crippen LogP contribution is -2.25. The van der Waals surface area contributed by atoms with Crippen LogP contribution in [0.15, 0.2) is 22.8 Å². The van der Waals surface area contributed by atoms with Crippen LogP contribution in [0, 0.1) is 6.92 Å². The summed E-state index contributed by atoms with van der Waals surface area (Å²) in [6.07, 6.45) is 0.128. The molecular weight excluding hydrogens is 286 g/mol. The molecule has 0 spiro atoms. The van der Waals surface area contributed by atoms with E-state index in [0.29, 0.717) is 23.8 Å². The number of nitrogens with one attached hydrogen (secondary N) is 2. The number of carbonyl (C=O) groups is 1. The van der Waals surface area contributed by atoms with Gasteiger partial charge in [-0.2, -0.15) is 0 Å². The minimum Gasteiger partial charge on any atom is -0.497 e. The second-order valence-corrected chi connectivity index (χ2v) is 4.82. The molecule has 0 radical (unpaired) electrons. The minimum absolute atomic E-state index is 0.128. The Balaban J connectivity index is 1.63. The Morgan fingerprint density at radius 3 is 3.00 bits per heavy atom. The van der Waals surface area contributed by atoms with Crippen molar-refractivity contribution in [1.29, 1.82) is 0 Å². The highest BCUT2D eigenvalue weighted by molar-refractivity contribution is 5.79. The summed E-state index contributed by atoms with van der Waals surface area (Å²) in [5.74, 6) is 1.25. The van der Waals surface area contributed by atoms with Crippen molar-refractivity contribution >= 4 is 16.9 Å². The molecule has 2 heterocycles. The van der Waals surface area contributed by atoms with E-state index >= 15 is 0 Å². The van der Waals surface area contributed by atoms with Crippen LogP contribution in [0.1, 0.15) is 17.2 Å². The number of rotatable bonds is 5. The first-order valence-corrected chi connectivity index (χ1v) is 6.73. The molecule has 2 aromatic heterocycles. The van der Waals surface area contributed by atoms with Crippen LogP contribution in [0.5, 0.6) is 5.75 Å². The van der Waals surface area contributed by atoms with Crippen molar-refractivity contribution in [3.05, 3.63) is 35.4 Å². The molecule has 0 saturated carbocycles. The highest BCUT2D eigenvalue weighted by Crippen LogP contribution is 2.18. The van der Waals surface area contributed by atoms with Gasteiger partial charge in [-0.3, -0.25) is 4.79 Å². The fraction of sp³-hybridized carbons (Fsp3) is 0.286. The number of amides is 1. The highest BCUT2D eigenvalue weighted by Gasteiger charge is 2.11. The zero-order chi connectivity index (χ0) is 15.5. The monoisotopic (exact) mass is 301 g/mol. The van der Waals surface area contributed by atoms with E-state index in [0.717, 1.165) is 16.8 Å². The molecule has 22 heavy (non-hydrogen) atoms. The molecular formula is C14H15N5O3. The number of hydrogen-bond acceptors (Lipinski definition) is 6. The molecule has 1 aromatic carbocycles. The van der Waals surface area contributed by atoms with Crippen molar-refractivity contribution in [2.45, 2.75) is 19.9 Å². The van der Waals surface area contributed by atoms with E-state index in [1.807, 2.05) is 18.2 Å². The van der Waals surface area contributed by atoms with Crippen LogP contribution >= 0.6 is 0 Å². The van der Waals surface area contributed by atoms with Gasteiger partial charge in [-0.15, -0.1) is 0 Å². The van der Waals surface area contributed by atoms with Crippen molar-refractivity contribution in [3.63, 3.8) is 0 Å². The number of imidazole rings is 1. The fourth-order valence-electron chi connectivity index (χ4n) is 2.06. The van der Waals surface area contributed by atoms with Gasteiger partial charge in [0.1, 0.15) is 23.0 Å². The maximum Gasteiger partial charge on any atom is 0.226 e. The van der Waals surface area contributed by atoms with E-state index in [9.17, 15) is 4.79 Å². The molecule has 0 fully saturated rings. The van der Waals surface area contributed by atoms with Gasteiger partial charge in [0.2, 0.25) is 5.91 Å². The Morgan fingerprint density at radius 2 is 2.27 bits per heavy atom. The van der Waals surface area contributed by atoms with E-state index < -0.39 is 0 Å². The highest BCUT2D eigenvalue weighted by atomic mass is 16.6. The van der Waals surface area contributed by atoms with Crippen LogP contribution in [0.3, 0.4) is 0 Å². The number of fused-ring (bicyclic) bond motifs is 1. The van der Waals surface area contributed by atoms with Crippen LogP contribution < -0.4 is 10.1 Å². The van der Waals surface area contributed by atoms with Crippen LogP contribution in [0.2, 0.25) is 0 Å². The molecule has 0 bridgehead atoms. The van der Waals surface area contributed by atoms with Crippen molar-refractivity contribution in [2.24, 2.45) is 0 Å². The number of carbonyl (C=O) groups excluding carboxylic acids is 1. The lowest BCUT2D eigenvalue weighted by molar-refractivity contribution is -0.120. The normalized spacial score (nSPS) is 10.8. The molecule has 8 nitrogen and oxygen atoms in total. The molecule has 3 aromatic rings. The van der Waals surface area contributed by atoms with Gasteiger partial charge < -0.3 is 15.0 Å². The molecule has 8 heteroatoms. The smallest absolute Gasteiger partial charge is 0.226 e. The molecule has 0 atom stereocenters. The number of benzene rings is 1. The Hall–Kier alpha value is -2.90. The molecule has 1 amide bonds. The van der Waals surface area contributed by atoms with Gasteiger partial charge in [-0.05, 0) is 19.1 Å². The molecule has 114 valence electrons. The largest absolute Gasteiger partial charge is 0.497 e. The van der Waals surface area contributed by atoms with Crippen LogP contribution in [-0.2, 0) is 17.8 Å². The first kappa shape index (κ1) is 14.1. The SMILES string of the molecule is COc1ccc2nc(CNC(=O)Cc3nonc3C)[nH]c2c1. The van der Waals surface area contributed by atoms with Gasteiger partial charge in [0.05, 0.1) is 31.1 Å². The quantitative estimate of drug-likeness (QED) is 0.731. The first-order chi connectivity index (χ1) is 10.7. The van der Waals surface area contributed by atoms with Crippen molar-refractivity contribution in [1.82, 2.24) is 25.6 Å². The third kappa shape index (κ3) is 2.90. The Labute approximate surface area is 125 Å². The summed E-state index contributed by atoms with van der Waals surface area (Å²) in [5.41, 5.74) is 2.83. The van der Waals surface area contributed by atoms with Crippen molar-refractivity contribution in [2.75, 3.05) is 7.11 Å². The van der Waals surface area contributed by atoms with E-state index in [2.05, 4.69) is 30.2 Å². The zero-order valence-corrected chi connectivity index (χ0v) is 12.2. The number of ether oxygens (including phenoxy) is 1. The molecule has 2 N–H and O–H groups in total. The van der Waals surface area contributed by atoms with Crippen LogP contribution in [0.4, 0.5) is 0 Å². The van der Waals surface area contributed by atoms with Crippen molar-refractivity contribution in [3.8, 4) is 5.75 Å². The number of methoxy groups -OCH3 is 1. The Morgan fingerprint density at radius 1 is 1.41 bits per heavy atom. The zero-order valence-electron chi connectivity index (χ0n) is 12.2. The predicted molar refractivity (Wildman–Crippen MR) is 77.2 cm³/mol. The standard InChI is InChI=1S/C14H15N5O3/c1-8-11(19-22-18-8)6-14(20)15-7-13-16-10-4-3-9(21-2)5-12(10)17-13/h3-5H,6-7H2,1-2H3,(H,15,20)(H,16,17). The van der Waals surface area contributed by atoms with Gasteiger partial charge in [0, 0.05) is 6.07 Å². The van der Waals surface area contributed by atoms with E-state index in [-0.39, 0.29) is 12.3 Å². The summed E-state index contributed by atoms with van der Waals surface area (Å²) in [5, 5.41) is 10.1. The molecule has 0 aliphatic heterocycles. The van der Waals surface area contributed by atoms with E-state index in [1.54, 1.807) is 14.0 Å². The number of nitrogens with zero attached hydrogens (tertiary/aromatic N) is 3. The number of hydrogen-bond donors (Lipinski definition) is 2. The van der Waals surface area contributed by atoms with Gasteiger partial charge in [0.15, 0.2) is 0 Å². The summed E-state index contributed by atoms with van der Waals surface area (Å²) in [6.45, 7) is 2.05. The number of aryl methyl sites for hydroxylation is 1. The predicted octanol–water partition coefficient (Wildman–Crippen LogP) is 1.12. The third-order valence-corrected chi connectivity index (χ3v) is 3.27. The van der Waals surface area contributed by atoms with Crippen LogP contribution in [0.25, 0.3) is 11.0 Å². The maximum atomic E-state index is 11.9. The number of aromatic nitrogens is 4. The summed E-state index contributed by atoms with van der Waals surface area (Å²) >= 11 is 0. The van der Waals surface area contributed by atoms with Crippen molar-refractivity contribution < 1.29 is 14.2 Å². The molecule has 0 saturated heterocycles. The molecule has 0 aliphatic carbocycles. The van der Waals surface area contributed by atoms with Gasteiger partial charge in [-0.1, -0.05) is 10.3 Å². The molecule has 3 rings (SSSR count). The van der Waals surface area contributed by atoms with E-state index in [1.165, 1.54) is 0 Å². The van der Waals surface area contributed by atoms with E-state index in [4.69, 9.17) is 4.74 Å². The summed E-state index contributed by atoms with van der Waals surface area (Å²) in [4.78, 5) is 19.4. The average molecular weight is 301 g/mol. The van der Waals surface area contributed by atoms with Crippen LogP contribution in [-0.4, -0.2) is 33.3 Å². The Bertz CT molecular complexity index is 808. The summed E-state index contributed by atoms with van der Waals surface area (Å²) < 4.78 is 9.72. The lowest BCUT2D eigenvalue weighted by atomic mass is 10.2. The third-order valence-electron chi connectivity index (χ3n) is 3.27. The maximum absolute atomic E-state index is 11.9. The second-order valence-electron chi connectivity index (χ2n) is 4.82. The Kier molecular flexibility index (Phi) is 3.73. The molecule has 0 aliphatic rings. The number of H-pyrrole nitrogens is 1.